The van der Waals surface area contributed by atoms with E-state index >= 15 is 0 Å². The number of amides is 1. The minimum atomic E-state index is -0.0462. The van der Waals surface area contributed by atoms with E-state index < -0.39 is 0 Å². The first-order valence-corrected chi connectivity index (χ1v) is 9.44. The molecule has 0 aromatic carbocycles. The summed E-state index contributed by atoms with van der Waals surface area (Å²) in [4.78, 5) is 23.4. The fourth-order valence-electron chi connectivity index (χ4n) is 3.67. The molecule has 7 nitrogen and oxygen atoms in total. The summed E-state index contributed by atoms with van der Waals surface area (Å²) in [6.45, 7) is 5.68. The van der Waals surface area contributed by atoms with E-state index in [0.29, 0.717) is 37.5 Å². The second kappa shape index (κ2) is 7.80. The van der Waals surface area contributed by atoms with Crippen LogP contribution in [0.2, 0.25) is 0 Å². The van der Waals surface area contributed by atoms with E-state index in [1.54, 1.807) is 18.3 Å². The number of carbonyl (C=O) groups is 1. The number of aromatic nitrogens is 1. The van der Waals surface area contributed by atoms with Gasteiger partial charge in [-0.3, -0.25) is 9.69 Å². The van der Waals surface area contributed by atoms with Crippen molar-refractivity contribution < 1.29 is 9.21 Å². The molecule has 0 spiro atoms. The van der Waals surface area contributed by atoms with Gasteiger partial charge in [-0.15, -0.1) is 0 Å². The minimum Gasteiger partial charge on any atom is -0.455 e. The predicted molar refractivity (Wildman–Crippen MR) is 100 cm³/mol. The van der Waals surface area contributed by atoms with Crippen molar-refractivity contribution in [3.63, 3.8) is 0 Å². The number of furan rings is 1. The Kier molecular flexibility index (Phi) is 5.07. The van der Waals surface area contributed by atoms with Gasteiger partial charge in [0.2, 0.25) is 0 Å². The molecule has 1 amide bonds. The van der Waals surface area contributed by atoms with Gasteiger partial charge < -0.3 is 14.2 Å². The van der Waals surface area contributed by atoms with E-state index in [0.717, 1.165) is 31.2 Å². The summed E-state index contributed by atoms with van der Waals surface area (Å²) in [7, 11) is 0. The summed E-state index contributed by atoms with van der Waals surface area (Å²) in [5.41, 5.74) is 0.551. The van der Waals surface area contributed by atoms with Gasteiger partial charge in [-0.2, -0.15) is 5.26 Å². The van der Waals surface area contributed by atoms with Crippen molar-refractivity contribution in [3.05, 3.63) is 47.5 Å². The number of nitriles is 1. The zero-order valence-corrected chi connectivity index (χ0v) is 15.3. The number of carbonyl (C=O) groups excluding carboxylic acids is 1. The van der Waals surface area contributed by atoms with Gasteiger partial charge in [0.05, 0.1) is 12.1 Å². The van der Waals surface area contributed by atoms with Crippen LogP contribution in [-0.2, 0) is 6.54 Å². The van der Waals surface area contributed by atoms with Crippen LogP contribution < -0.4 is 4.90 Å². The molecule has 2 fully saturated rings. The SMILES string of the molecule is N#Cc1ccc(N2CCN(C(=O)c3ccc(CN4CCCC4)o3)CC2)nc1. The molecule has 2 aliphatic heterocycles. The lowest BCUT2D eigenvalue weighted by atomic mass is 10.2. The van der Waals surface area contributed by atoms with Crippen LogP contribution in [0.4, 0.5) is 5.82 Å². The van der Waals surface area contributed by atoms with Crippen LogP contribution in [0.25, 0.3) is 0 Å². The zero-order chi connectivity index (χ0) is 18.6. The zero-order valence-electron chi connectivity index (χ0n) is 15.3. The lowest BCUT2D eigenvalue weighted by Crippen LogP contribution is -2.49. The Hall–Kier alpha value is -2.85. The van der Waals surface area contributed by atoms with Crippen LogP contribution in [0.1, 0.15) is 34.7 Å². The molecular formula is C20H23N5O2. The molecule has 0 radical (unpaired) electrons. The number of pyridine rings is 1. The van der Waals surface area contributed by atoms with Gasteiger partial charge in [-0.05, 0) is 50.2 Å². The molecule has 2 saturated heterocycles. The van der Waals surface area contributed by atoms with Gasteiger partial charge >= 0.3 is 0 Å². The third kappa shape index (κ3) is 3.96. The number of hydrogen-bond acceptors (Lipinski definition) is 6. The van der Waals surface area contributed by atoms with Gasteiger partial charge in [0.25, 0.3) is 5.91 Å². The quantitative estimate of drug-likeness (QED) is 0.826. The largest absolute Gasteiger partial charge is 0.455 e. The molecule has 0 unspecified atom stereocenters. The molecule has 27 heavy (non-hydrogen) atoms. The van der Waals surface area contributed by atoms with Crippen molar-refractivity contribution >= 4 is 11.7 Å². The van der Waals surface area contributed by atoms with Gasteiger partial charge in [0.1, 0.15) is 17.6 Å². The average Bonchev–Trinajstić information content (AvgIpc) is 3.40. The Morgan fingerprint density at radius 1 is 1.07 bits per heavy atom. The summed E-state index contributed by atoms with van der Waals surface area (Å²) < 4.78 is 5.81. The molecule has 0 bridgehead atoms. The van der Waals surface area contributed by atoms with E-state index in [1.165, 1.54) is 12.8 Å². The van der Waals surface area contributed by atoms with Crippen molar-refractivity contribution in [3.8, 4) is 6.07 Å². The maximum atomic E-state index is 12.7. The summed E-state index contributed by atoms with van der Waals surface area (Å²) in [6.07, 6.45) is 4.06. The molecule has 2 aliphatic rings. The van der Waals surface area contributed by atoms with Crippen LogP contribution in [0.5, 0.6) is 0 Å². The maximum Gasteiger partial charge on any atom is 0.289 e. The summed E-state index contributed by atoms with van der Waals surface area (Å²) >= 11 is 0. The molecule has 4 heterocycles. The third-order valence-electron chi connectivity index (χ3n) is 5.22. The smallest absolute Gasteiger partial charge is 0.289 e. The normalized spacial score (nSPS) is 17.9. The van der Waals surface area contributed by atoms with Crippen LogP contribution in [0.15, 0.2) is 34.9 Å². The van der Waals surface area contributed by atoms with Crippen molar-refractivity contribution in [1.29, 1.82) is 5.26 Å². The molecule has 140 valence electrons. The van der Waals surface area contributed by atoms with Crippen molar-refractivity contribution in [1.82, 2.24) is 14.8 Å². The Bertz CT molecular complexity index is 825. The maximum absolute atomic E-state index is 12.7. The fraction of sp³-hybridized carbons (Fsp3) is 0.450. The average molecular weight is 365 g/mol. The van der Waals surface area contributed by atoms with Crippen LogP contribution in [-0.4, -0.2) is 60.0 Å². The summed E-state index contributed by atoms with van der Waals surface area (Å²) in [6, 6.07) is 9.41. The Morgan fingerprint density at radius 3 is 2.52 bits per heavy atom. The summed E-state index contributed by atoms with van der Waals surface area (Å²) in [5, 5.41) is 8.86. The predicted octanol–water partition coefficient (Wildman–Crippen LogP) is 2.10. The van der Waals surface area contributed by atoms with Crippen molar-refractivity contribution in [2.45, 2.75) is 19.4 Å². The number of anilines is 1. The lowest BCUT2D eigenvalue weighted by molar-refractivity contribution is 0.0711. The monoisotopic (exact) mass is 365 g/mol. The molecule has 4 rings (SSSR count). The number of likely N-dealkylation sites (tertiary alicyclic amines) is 1. The highest BCUT2D eigenvalue weighted by atomic mass is 16.4. The Morgan fingerprint density at radius 2 is 1.85 bits per heavy atom. The third-order valence-corrected chi connectivity index (χ3v) is 5.22. The van der Waals surface area contributed by atoms with Crippen molar-refractivity contribution in [2.24, 2.45) is 0 Å². The molecule has 0 atom stereocenters. The first-order chi connectivity index (χ1) is 13.2. The minimum absolute atomic E-state index is 0.0462. The molecule has 7 heteroatoms. The van der Waals surface area contributed by atoms with Gasteiger partial charge in [-0.25, -0.2) is 4.98 Å². The van der Waals surface area contributed by atoms with E-state index in [9.17, 15) is 4.79 Å². The standard InChI is InChI=1S/C20H23N5O2/c21-13-16-3-6-19(22-14-16)24-9-11-25(12-10-24)20(26)18-5-4-17(27-18)15-23-7-1-2-8-23/h3-6,14H,1-2,7-12,15H2. The second-order valence-corrected chi connectivity index (χ2v) is 7.05. The van der Waals surface area contributed by atoms with Crippen LogP contribution in [0.3, 0.4) is 0 Å². The van der Waals surface area contributed by atoms with Crippen LogP contribution in [0, 0.1) is 11.3 Å². The number of rotatable bonds is 4. The Labute approximate surface area is 158 Å². The van der Waals surface area contributed by atoms with Crippen LogP contribution >= 0.6 is 0 Å². The number of piperazine rings is 1. The molecule has 0 N–H and O–H groups in total. The molecule has 0 saturated carbocycles. The molecule has 2 aromatic rings. The first-order valence-electron chi connectivity index (χ1n) is 9.44. The van der Waals surface area contributed by atoms with E-state index in [2.05, 4.69) is 20.9 Å². The highest BCUT2D eigenvalue weighted by Crippen LogP contribution is 2.18. The van der Waals surface area contributed by atoms with E-state index in [4.69, 9.17) is 9.68 Å². The number of hydrogen-bond donors (Lipinski definition) is 0. The van der Waals surface area contributed by atoms with E-state index in [1.807, 2.05) is 17.0 Å². The fourth-order valence-corrected chi connectivity index (χ4v) is 3.67. The summed E-state index contributed by atoms with van der Waals surface area (Å²) in [5.74, 6) is 2.08. The molecule has 2 aromatic heterocycles. The van der Waals surface area contributed by atoms with E-state index in [-0.39, 0.29) is 5.91 Å². The highest BCUT2D eigenvalue weighted by molar-refractivity contribution is 5.91. The Balaban J connectivity index is 1.33. The van der Waals surface area contributed by atoms with Gasteiger partial charge in [0, 0.05) is 32.4 Å². The first kappa shape index (κ1) is 17.6. The molecule has 0 aliphatic carbocycles. The van der Waals surface area contributed by atoms with Gasteiger partial charge in [-0.1, -0.05) is 0 Å². The topological polar surface area (TPSA) is 76.6 Å². The number of nitrogens with zero attached hydrogens (tertiary/aromatic N) is 5. The highest BCUT2D eigenvalue weighted by Gasteiger charge is 2.25. The lowest BCUT2D eigenvalue weighted by Gasteiger charge is -2.35. The molecular weight excluding hydrogens is 342 g/mol. The second-order valence-electron chi connectivity index (χ2n) is 7.05. The van der Waals surface area contributed by atoms with Crippen molar-refractivity contribution in [2.75, 3.05) is 44.2 Å². The van der Waals surface area contributed by atoms with Gasteiger partial charge in [0.15, 0.2) is 5.76 Å².